The molecule has 3 rings (SSSR count). The molecule has 0 saturated carbocycles. The SMILES string of the molecule is COc1ccc(/C=C2/SC(=Nc3cccc(I)c3)NC2=O)cc1. The van der Waals surface area contributed by atoms with E-state index in [2.05, 4.69) is 32.9 Å². The molecule has 1 amide bonds. The van der Waals surface area contributed by atoms with Gasteiger partial charge in [-0.15, -0.1) is 0 Å². The number of carbonyl (C=O) groups is 1. The van der Waals surface area contributed by atoms with Crippen LogP contribution in [0.2, 0.25) is 0 Å². The minimum atomic E-state index is -0.129. The van der Waals surface area contributed by atoms with Gasteiger partial charge in [-0.2, -0.15) is 0 Å². The first-order chi connectivity index (χ1) is 11.1. The maximum atomic E-state index is 12.1. The molecule has 1 fully saturated rings. The number of thioether (sulfide) groups is 1. The van der Waals surface area contributed by atoms with Crippen molar-refractivity contribution in [2.45, 2.75) is 0 Å². The van der Waals surface area contributed by atoms with Crippen molar-refractivity contribution in [3.63, 3.8) is 0 Å². The highest BCUT2D eigenvalue weighted by molar-refractivity contribution is 14.1. The lowest BCUT2D eigenvalue weighted by atomic mass is 10.2. The third kappa shape index (κ3) is 4.14. The number of benzene rings is 2. The van der Waals surface area contributed by atoms with Crippen molar-refractivity contribution in [1.29, 1.82) is 0 Å². The molecule has 0 radical (unpaired) electrons. The summed E-state index contributed by atoms with van der Waals surface area (Å²) >= 11 is 3.58. The van der Waals surface area contributed by atoms with E-state index in [4.69, 9.17) is 4.74 Å². The molecule has 116 valence electrons. The molecule has 2 aromatic rings. The van der Waals surface area contributed by atoms with E-state index in [0.717, 1.165) is 20.6 Å². The van der Waals surface area contributed by atoms with Crippen LogP contribution in [0.15, 0.2) is 58.4 Å². The molecule has 1 heterocycles. The Morgan fingerprint density at radius 1 is 1.22 bits per heavy atom. The van der Waals surface area contributed by atoms with Crippen LogP contribution in [-0.2, 0) is 4.79 Å². The molecule has 1 N–H and O–H groups in total. The number of methoxy groups -OCH3 is 1. The van der Waals surface area contributed by atoms with Crippen molar-refractivity contribution < 1.29 is 9.53 Å². The van der Waals surface area contributed by atoms with Gasteiger partial charge in [-0.1, -0.05) is 18.2 Å². The largest absolute Gasteiger partial charge is 0.497 e. The van der Waals surface area contributed by atoms with Gasteiger partial charge in [-0.3, -0.25) is 4.79 Å². The Balaban J connectivity index is 1.80. The van der Waals surface area contributed by atoms with Gasteiger partial charge in [0.15, 0.2) is 5.17 Å². The molecule has 0 unspecified atom stereocenters. The molecule has 0 bridgehead atoms. The highest BCUT2D eigenvalue weighted by atomic mass is 127. The summed E-state index contributed by atoms with van der Waals surface area (Å²) in [5, 5.41) is 3.39. The monoisotopic (exact) mass is 436 g/mol. The smallest absolute Gasteiger partial charge is 0.264 e. The molecule has 1 saturated heterocycles. The Labute approximate surface area is 152 Å². The quantitative estimate of drug-likeness (QED) is 0.580. The summed E-state index contributed by atoms with van der Waals surface area (Å²) in [6.07, 6.45) is 1.84. The highest BCUT2D eigenvalue weighted by Crippen LogP contribution is 2.28. The normalized spacial score (nSPS) is 17.6. The van der Waals surface area contributed by atoms with Gasteiger partial charge in [-0.05, 0) is 76.3 Å². The first kappa shape index (κ1) is 16.1. The fourth-order valence-corrected chi connectivity index (χ4v) is 3.36. The Kier molecular flexibility index (Phi) is 5.02. The van der Waals surface area contributed by atoms with Crippen molar-refractivity contribution in [1.82, 2.24) is 5.32 Å². The summed E-state index contributed by atoms with van der Waals surface area (Å²) in [4.78, 5) is 17.2. The fourth-order valence-electron chi connectivity index (χ4n) is 1.99. The number of carbonyl (C=O) groups excluding carboxylic acids is 1. The minimum Gasteiger partial charge on any atom is -0.497 e. The highest BCUT2D eigenvalue weighted by Gasteiger charge is 2.23. The molecule has 0 spiro atoms. The molecular weight excluding hydrogens is 423 g/mol. The summed E-state index contributed by atoms with van der Waals surface area (Å²) < 4.78 is 6.23. The number of aliphatic imine (C=N–C) groups is 1. The van der Waals surface area contributed by atoms with Gasteiger partial charge in [0.2, 0.25) is 0 Å². The van der Waals surface area contributed by atoms with Crippen molar-refractivity contribution in [2.24, 2.45) is 4.99 Å². The Hall–Kier alpha value is -1.80. The van der Waals surface area contributed by atoms with Gasteiger partial charge < -0.3 is 10.1 Å². The number of amides is 1. The van der Waals surface area contributed by atoms with Gasteiger partial charge >= 0.3 is 0 Å². The van der Waals surface area contributed by atoms with Gasteiger partial charge in [0.1, 0.15) is 5.75 Å². The second-order valence-corrected chi connectivity index (χ2v) is 7.01. The number of nitrogens with one attached hydrogen (secondary N) is 1. The Morgan fingerprint density at radius 2 is 2.00 bits per heavy atom. The van der Waals surface area contributed by atoms with E-state index < -0.39 is 0 Å². The molecule has 2 aromatic carbocycles. The van der Waals surface area contributed by atoms with Crippen LogP contribution in [0.25, 0.3) is 6.08 Å². The maximum absolute atomic E-state index is 12.1. The summed E-state index contributed by atoms with van der Waals surface area (Å²) in [7, 11) is 1.63. The van der Waals surface area contributed by atoms with E-state index in [9.17, 15) is 4.79 Å². The van der Waals surface area contributed by atoms with E-state index in [1.807, 2.05) is 54.6 Å². The van der Waals surface area contributed by atoms with Crippen molar-refractivity contribution >= 4 is 57.2 Å². The standard InChI is InChI=1S/C17H13IN2O2S/c1-22-14-7-5-11(6-8-14)9-15-16(21)20-17(23-15)19-13-4-2-3-12(18)10-13/h2-10H,1H3,(H,19,20,21)/b15-9+. The minimum absolute atomic E-state index is 0.129. The van der Waals surface area contributed by atoms with Crippen LogP contribution in [0.1, 0.15) is 5.56 Å². The van der Waals surface area contributed by atoms with Crippen LogP contribution in [0.3, 0.4) is 0 Å². The number of hydrogen-bond acceptors (Lipinski definition) is 4. The van der Waals surface area contributed by atoms with Crippen molar-refractivity contribution in [3.05, 3.63) is 62.6 Å². The summed E-state index contributed by atoms with van der Waals surface area (Å²) in [6.45, 7) is 0. The van der Waals surface area contributed by atoms with E-state index in [0.29, 0.717) is 10.1 Å². The third-order valence-electron chi connectivity index (χ3n) is 3.10. The molecule has 0 aromatic heterocycles. The summed E-state index contributed by atoms with van der Waals surface area (Å²) in [5.41, 5.74) is 1.77. The average Bonchev–Trinajstić information content (AvgIpc) is 2.87. The van der Waals surface area contributed by atoms with Crippen LogP contribution in [0.5, 0.6) is 5.75 Å². The topological polar surface area (TPSA) is 50.7 Å². The fraction of sp³-hybridized carbons (Fsp3) is 0.0588. The third-order valence-corrected chi connectivity index (χ3v) is 4.68. The van der Waals surface area contributed by atoms with Crippen LogP contribution < -0.4 is 10.1 Å². The number of halogens is 1. The molecule has 1 aliphatic rings. The molecule has 0 aliphatic carbocycles. The van der Waals surface area contributed by atoms with Crippen molar-refractivity contribution in [3.8, 4) is 5.75 Å². The summed E-state index contributed by atoms with van der Waals surface area (Å²) in [5.74, 6) is 0.659. The van der Waals surface area contributed by atoms with E-state index in [1.54, 1.807) is 7.11 Å². The second kappa shape index (κ2) is 7.18. The zero-order valence-electron chi connectivity index (χ0n) is 12.2. The maximum Gasteiger partial charge on any atom is 0.264 e. The van der Waals surface area contributed by atoms with E-state index in [-0.39, 0.29) is 5.91 Å². The van der Waals surface area contributed by atoms with Crippen LogP contribution in [-0.4, -0.2) is 18.2 Å². The predicted octanol–water partition coefficient (Wildman–Crippen LogP) is 4.19. The lowest BCUT2D eigenvalue weighted by Crippen LogP contribution is -2.19. The number of nitrogens with zero attached hydrogens (tertiary/aromatic N) is 1. The van der Waals surface area contributed by atoms with Gasteiger partial charge in [-0.25, -0.2) is 4.99 Å². The first-order valence-corrected chi connectivity index (χ1v) is 8.73. The Morgan fingerprint density at radius 3 is 2.70 bits per heavy atom. The second-order valence-electron chi connectivity index (χ2n) is 4.73. The van der Waals surface area contributed by atoms with Gasteiger partial charge in [0.25, 0.3) is 5.91 Å². The Bertz CT molecular complexity index is 800. The molecule has 6 heteroatoms. The molecule has 1 aliphatic heterocycles. The number of amidine groups is 1. The first-order valence-electron chi connectivity index (χ1n) is 6.83. The van der Waals surface area contributed by atoms with Crippen LogP contribution >= 0.6 is 34.4 Å². The average molecular weight is 436 g/mol. The zero-order chi connectivity index (χ0) is 16.2. The van der Waals surface area contributed by atoms with Crippen LogP contribution in [0, 0.1) is 3.57 Å². The molecule has 23 heavy (non-hydrogen) atoms. The molecule has 4 nitrogen and oxygen atoms in total. The van der Waals surface area contributed by atoms with Gasteiger partial charge in [0, 0.05) is 3.57 Å². The lowest BCUT2D eigenvalue weighted by molar-refractivity contribution is -0.115. The van der Waals surface area contributed by atoms with E-state index in [1.165, 1.54) is 11.8 Å². The molecule has 0 atom stereocenters. The molecular formula is C17H13IN2O2S. The summed E-state index contributed by atoms with van der Waals surface area (Å²) in [6, 6.07) is 15.4. The zero-order valence-corrected chi connectivity index (χ0v) is 15.2. The lowest BCUT2D eigenvalue weighted by Gasteiger charge is -1.99. The number of ether oxygens (including phenoxy) is 1. The van der Waals surface area contributed by atoms with E-state index >= 15 is 0 Å². The van der Waals surface area contributed by atoms with Gasteiger partial charge in [0.05, 0.1) is 17.7 Å². The van der Waals surface area contributed by atoms with Crippen molar-refractivity contribution in [2.75, 3.05) is 7.11 Å². The number of rotatable bonds is 3. The number of hydrogen-bond donors (Lipinski definition) is 1. The predicted molar refractivity (Wildman–Crippen MR) is 103 cm³/mol. The van der Waals surface area contributed by atoms with Crippen LogP contribution in [0.4, 0.5) is 5.69 Å².